The largest absolute Gasteiger partial charge is 0.253 e. The van der Waals surface area contributed by atoms with E-state index >= 15 is 0 Å². The van der Waals surface area contributed by atoms with Crippen LogP contribution in [-0.4, -0.2) is 11.2 Å². The van der Waals surface area contributed by atoms with Gasteiger partial charge in [0, 0.05) is 21.5 Å². The maximum atomic E-state index is 6.11. The number of rotatable bonds is 4. The number of hydrogen-bond acceptors (Lipinski definition) is 4. The number of nitrogens with one attached hydrogen (secondary N) is 1. The zero-order valence-corrected chi connectivity index (χ0v) is 15.4. The standard InChI is InChI=1S/C19H18ClN3S/c1-12-8-13(2)18(14(3)9-12)17-11-24-19(22-17)23-21-10-15-6-4-5-7-16(15)20/h4-11H,1-3H3,(H,22,23)/b21-10-. The Hall–Kier alpha value is -2.17. The van der Waals surface area contributed by atoms with Crippen LogP contribution in [0, 0.1) is 20.8 Å². The maximum Gasteiger partial charge on any atom is 0.203 e. The fourth-order valence-electron chi connectivity index (χ4n) is 2.76. The van der Waals surface area contributed by atoms with Gasteiger partial charge in [-0.25, -0.2) is 4.98 Å². The SMILES string of the molecule is Cc1cc(C)c(-c2csc(N/N=C\c3ccccc3Cl)n2)c(C)c1. The molecule has 3 rings (SSSR count). The smallest absolute Gasteiger partial charge is 0.203 e. The lowest BCUT2D eigenvalue weighted by atomic mass is 9.98. The summed E-state index contributed by atoms with van der Waals surface area (Å²) >= 11 is 7.64. The molecule has 3 nitrogen and oxygen atoms in total. The molecule has 0 fully saturated rings. The summed E-state index contributed by atoms with van der Waals surface area (Å²) in [6, 6.07) is 12.0. The molecule has 0 aliphatic heterocycles. The Morgan fingerprint density at radius 3 is 2.54 bits per heavy atom. The molecule has 1 heterocycles. The number of anilines is 1. The molecule has 0 saturated heterocycles. The second-order valence-corrected chi connectivity index (χ2v) is 6.97. The van der Waals surface area contributed by atoms with Gasteiger partial charge < -0.3 is 0 Å². The van der Waals surface area contributed by atoms with Crippen LogP contribution in [0.25, 0.3) is 11.3 Å². The Kier molecular flexibility index (Phi) is 4.97. The molecule has 0 aliphatic carbocycles. The highest BCUT2D eigenvalue weighted by atomic mass is 35.5. The number of benzene rings is 2. The lowest BCUT2D eigenvalue weighted by molar-refractivity contribution is 1.26. The van der Waals surface area contributed by atoms with Gasteiger partial charge in [0.25, 0.3) is 0 Å². The van der Waals surface area contributed by atoms with E-state index in [9.17, 15) is 0 Å². The third kappa shape index (κ3) is 3.66. The van der Waals surface area contributed by atoms with E-state index in [-0.39, 0.29) is 0 Å². The number of thiazole rings is 1. The van der Waals surface area contributed by atoms with Crippen molar-refractivity contribution in [1.82, 2.24) is 4.98 Å². The van der Waals surface area contributed by atoms with Gasteiger partial charge in [-0.2, -0.15) is 5.10 Å². The van der Waals surface area contributed by atoms with Gasteiger partial charge in [0.15, 0.2) is 0 Å². The van der Waals surface area contributed by atoms with Crippen molar-refractivity contribution in [3.8, 4) is 11.3 Å². The van der Waals surface area contributed by atoms with Gasteiger partial charge in [-0.05, 0) is 38.0 Å². The highest BCUT2D eigenvalue weighted by Gasteiger charge is 2.10. The molecule has 0 unspecified atom stereocenters. The Balaban J connectivity index is 1.78. The number of aromatic nitrogens is 1. The Morgan fingerprint density at radius 2 is 1.83 bits per heavy atom. The second-order valence-electron chi connectivity index (χ2n) is 5.70. The second kappa shape index (κ2) is 7.16. The summed E-state index contributed by atoms with van der Waals surface area (Å²) in [5, 5.41) is 7.71. The van der Waals surface area contributed by atoms with E-state index in [1.54, 1.807) is 6.21 Å². The third-order valence-corrected chi connectivity index (χ3v) is 4.80. The first-order valence-corrected chi connectivity index (χ1v) is 8.87. The molecule has 5 heteroatoms. The molecule has 0 aliphatic rings. The summed E-state index contributed by atoms with van der Waals surface area (Å²) < 4.78 is 0. The minimum atomic E-state index is 0.675. The molecule has 1 N–H and O–H groups in total. The normalized spacial score (nSPS) is 11.2. The van der Waals surface area contributed by atoms with Crippen LogP contribution in [0.5, 0.6) is 0 Å². The van der Waals surface area contributed by atoms with Gasteiger partial charge in [-0.3, -0.25) is 5.43 Å². The highest BCUT2D eigenvalue weighted by Crippen LogP contribution is 2.31. The van der Waals surface area contributed by atoms with Gasteiger partial charge >= 0.3 is 0 Å². The van der Waals surface area contributed by atoms with Crippen LogP contribution in [0.4, 0.5) is 5.13 Å². The van der Waals surface area contributed by atoms with Crippen LogP contribution in [-0.2, 0) is 0 Å². The van der Waals surface area contributed by atoms with E-state index in [1.807, 2.05) is 24.3 Å². The zero-order valence-electron chi connectivity index (χ0n) is 13.8. The number of hydrogen-bond donors (Lipinski definition) is 1. The number of halogens is 1. The predicted octanol–water partition coefficient (Wildman–Crippen LogP) is 5.83. The summed E-state index contributed by atoms with van der Waals surface area (Å²) in [5.74, 6) is 0. The summed E-state index contributed by atoms with van der Waals surface area (Å²) in [7, 11) is 0. The van der Waals surface area contributed by atoms with Crippen molar-refractivity contribution in [3.63, 3.8) is 0 Å². The third-order valence-electron chi connectivity index (χ3n) is 3.71. The average molecular weight is 356 g/mol. The fourth-order valence-corrected chi connectivity index (χ4v) is 3.60. The van der Waals surface area contributed by atoms with Gasteiger partial charge in [0.05, 0.1) is 11.9 Å². The number of nitrogens with zero attached hydrogens (tertiary/aromatic N) is 2. The first kappa shape index (κ1) is 16.7. The molecule has 0 spiro atoms. The monoisotopic (exact) mass is 355 g/mol. The van der Waals surface area contributed by atoms with E-state index in [1.165, 1.54) is 33.6 Å². The molecule has 0 amide bonds. The van der Waals surface area contributed by atoms with Gasteiger partial charge in [0.2, 0.25) is 5.13 Å². The number of hydrazone groups is 1. The van der Waals surface area contributed by atoms with Gasteiger partial charge in [0.1, 0.15) is 0 Å². The van der Waals surface area contributed by atoms with Gasteiger partial charge in [-0.1, -0.05) is 47.5 Å². The minimum Gasteiger partial charge on any atom is -0.253 e. The summed E-state index contributed by atoms with van der Waals surface area (Å²) in [4.78, 5) is 4.65. The Labute approximate surface area is 151 Å². The van der Waals surface area contributed by atoms with Gasteiger partial charge in [-0.15, -0.1) is 11.3 Å². The minimum absolute atomic E-state index is 0.675. The van der Waals surface area contributed by atoms with Crippen molar-refractivity contribution >= 4 is 34.3 Å². The fraction of sp³-hybridized carbons (Fsp3) is 0.158. The molecule has 0 saturated carbocycles. The molecule has 0 radical (unpaired) electrons. The molecular weight excluding hydrogens is 338 g/mol. The van der Waals surface area contributed by atoms with E-state index in [4.69, 9.17) is 11.6 Å². The molecular formula is C19H18ClN3S. The van der Waals surface area contributed by atoms with Crippen molar-refractivity contribution in [1.29, 1.82) is 0 Å². The van der Waals surface area contributed by atoms with E-state index in [2.05, 4.69) is 53.8 Å². The van der Waals surface area contributed by atoms with E-state index in [0.29, 0.717) is 5.02 Å². The maximum absolute atomic E-state index is 6.11. The van der Waals surface area contributed by atoms with Crippen LogP contribution < -0.4 is 5.43 Å². The molecule has 24 heavy (non-hydrogen) atoms. The zero-order chi connectivity index (χ0) is 17.1. The first-order chi connectivity index (χ1) is 11.5. The summed E-state index contributed by atoms with van der Waals surface area (Å²) in [6.45, 7) is 6.36. The lowest BCUT2D eigenvalue weighted by Crippen LogP contribution is -1.93. The van der Waals surface area contributed by atoms with Crippen molar-refractivity contribution in [2.75, 3.05) is 5.43 Å². The molecule has 122 valence electrons. The van der Waals surface area contributed by atoms with Crippen LogP contribution in [0.3, 0.4) is 0 Å². The van der Waals surface area contributed by atoms with E-state index < -0.39 is 0 Å². The van der Waals surface area contributed by atoms with Crippen molar-refractivity contribution in [2.45, 2.75) is 20.8 Å². The van der Waals surface area contributed by atoms with Crippen molar-refractivity contribution in [3.05, 3.63) is 69.1 Å². The summed E-state index contributed by atoms with van der Waals surface area (Å²) in [5.41, 5.74) is 9.77. The summed E-state index contributed by atoms with van der Waals surface area (Å²) in [6.07, 6.45) is 1.70. The van der Waals surface area contributed by atoms with Crippen molar-refractivity contribution in [2.24, 2.45) is 5.10 Å². The Bertz CT molecular complexity index is 876. The van der Waals surface area contributed by atoms with Crippen LogP contribution >= 0.6 is 22.9 Å². The molecule has 3 aromatic rings. The van der Waals surface area contributed by atoms with Crippen LogP contribution in [0.15, 0.2) is 46.9 Å². The molecule has 2 aromatic carbocycles. The van der Waals surface area contributed by atoms with Crippen LogP contribution in [0.2, 0.25) is 5.02 Å². The lowest BCUT2D eigenvalue weighted by Gasteiger charge is -2.08. The topological polar surface area (TPSA) is 37.3 Å². The average Bonchev–Trinajstić information content (AvgIpc) is 2.96. The Morgan fingerprint density at radius 1 is 1.12 bits per heavy atom. The molecule has 0 atom stereocenters. The number of aryl methyl sites for hydroxylation is 3. The molecule has 1 aromatic heterocycles. The van der Waals surface area contributed by atoms with E-state index in [0.717, 1.165) is 16.4 Å². The first-order valence-electron chi connectivity index (χ1n) is 7.62. The quantitative estimate of drug-likeness (QED) is 0.472. The van der Waals surface area contributed by atoms with Crippen molar-refractivity contribution < 1.29 is 0 Å². The highest BCUT2D eigenvalue weighted by molar-refractivity contribution is 7.14. The predicted molar refractivity (Wildman–Crippen MR) is 104 cm³/mol. The van der Waals surface area contributed by atoms with Crippen LogP contribution in [0.1, 0.15) is 22.3 Å². The molecule has 0 bridgehead atoms.